The van der Waals surface area contributed by atoms with Crippen molar-refractivity contribution in [3.8, 4) is 0 Å². The van der Waals surface area contributed by atoms with Crippen LogP contribution in [0.4, 0.5) is 0 Å². The fraction of sp³-hybridized carbons (Fsp3) is 0.733. The van der Waals surface area contributed by atoms with Gasteiger partial charge in [0.05, 0.1) is 13.2 Å². The minimum Gasteiger partial charge on any atom is -0.462 e. The minimum absolute atomic E-state index is 0.583. The molecule has 1 aromatic heterocycles. The molecule has 1 aliphatic heterocycles. The van der Waals surface area contributed by atoms with Crippen molar-refractivity contribution in [2.24, 2.45) is 0 Å². The molecular formula is C15H26N2O2. The lowest BCUT2D eigenvalue weighted by molar-refractivity contribution is 0.0758. The molecule has 108 valence electrons. The monoisotopic (exact) mass is 266 g/mol. The quantitative estimate of drug-likeness (QED) is 0.733. The average Bonchev–Trinajstić information content (AvgIpc) is 2.90. The zero-order valence-electron chi connectivity index (χ0n) is 12.0. The van der Waals surface area contributed by atoms with E-state index >= 15 is 0 Å². The third-order valence-electron chi connectivity index (χ3n) is 3.51. The van der Waals surface area contributed by atoms with E-state index in [-0.39, 0.29) is 0 Å². The number of furan rings is 1. The van der Waals surface area contributed by atoms with Gasteiger partial charge in [-0.1, -0.05) is 13.3 Å². The zero-order chi connectivity index (χ0) is 13.3. The maximum absolute atomic E-state index is 5.68. The van der Waals surface area contributed by atoms with E-state index in [4.69, 9.17) is 9.15 Å². The largest absolute Gasteiger partial charge is 0.462 e. The van der Waals surface area contributed by atoms with Gasteiger partial charge < -0.3 is 19.4 Å². The molecule has 0 amide bonds. The number of piperidine rings is 1. The van der Waals surface area contributed by atoms with Gasteiger partial charge in [0, 0.05) is 6.54 Å². The van der Waals surface area contributed by atoms with Crippen LogP contribution >= 0.6 is 0 Å². The molecule has 0 bridgehead atoms. The third-order valence-corrected chi connectivity index (χ3v) is 3.51. The van der Waals surface area contributed by atoms with Gasteiger partial charge >= 0.3 is 0 Å². The number of hydrogen-bond acceptors (Lipinski definition) is 4. The van der Waals surface area contributed by atoms with Gasteiger partial charge in [0.1, 0.15) is 18.1 Å². The van der Waals surface area contributed by atoms with Gasteiger partial charge in [-0.15, -0.1) is 0 Å². The molecule has 19 heavy (non-hydrogen) atoms. The lowest BCUT2D eigenvalue weighted by Gasteiger charge is -2.25. The molecule has 1 N–H and O–H groups in total. The summed E-state index contributed by atoms with van der Waals surface area (Å²) in [4.78, 5) is 2.49. The number of nitrogens with one attached hydrogen (secondary N) is 1. The highest BCUT2D eigenvalue weighted by Crippen LogP contribution is 2.10. The van der Waals surface area contributed by atoms with Crippen LogP contribution in [0.3, 0.4) is 0 Å². The van der Waals surface area contributed by atoms with E-state index in [1.165, 1.54) is 32.4 Å². The average molecular weight is 266 g/mol. The summed E-state index contributed by atoms with van der Waals surface area (Å²) >= 11 is 0. The van der Waals surface area contributed by atoms with Crippen molar-refractivity contribution >= 4 is 0 Å². The van der Waals surface area contributed by atoms with Crippen molar-refractivity contribution in [1.82, 2.24) is 10.2 Å². The summed E-state index contributed by atoms with van der Waals surface area (Å²) in [6, 6.07) is 4.03. The second kappa shape index (κ2) is 8.35. The molecule has 4 heteroatoms. The van der Waals surface area contributed by atoms with Gasteiger partial charge in [-0.2, -0.15) is 0 Å². The minimum atomic E-state index is 0.583. The van der Waals surface area contributed by atoms with Crippen LogP contribution in [-0.2, 0) is 17.9 Å². The Bertz CT molecular complexity index is 346. The molecule has 1 saturated heterocycles. The Morgan fingerprint density at radius 2 is 2.00 bits per heavy atom. The van der Waals surface area contributed by atoms with Crippen LogP contribution < -0.4 is 5.32 Å². The maximum atomic E-state index is 5.68. The molecule has 0 saturated carbocycles. The van der Waals surface area contributed by atoms with Crippen molar-refractivity contribution in [1.29, 1.82) is 0 Å². The molecule has 0 unspecified atom stereocenters. The smallest absolute Gasteiger partial charge is 0.129 e. The number of ether oxygens (including phenoxy) is 1. The van der Waals surface area contributed by atoms with Gasteiger partial charge in [-0.25, -0.2) is 0 Å². The maximum Gasteiger partial charge on any atom is 0.129 e. The van der Waals surface area contributed by atoms with E-state index in [0.29, 0.717) is 6.61 Å². The summed E-state index contributed by atoms with van der Waals surface area (Å²) in [6.45, 7) is 8.74. The van der Waals surface area contributed by atoms with Crippen LogP contribution in [0, 0.1) is 0 Å². The van der Waals surface area contributed by atoms with E-state index in [0.717, 1.165) is 37.8 Å². The van der Waals surface area contributed by atoms with Crippen molar-refractivity contribution in [3.63, 3.8) is 0 Å². The molecule has 0 spiro atoms. The van der Waals surface area contributed by atoms with Gasteiger partial charge in [-0.05, 0) is 44.6 Å². The van der Waals surface area contributed by atoms with Gasteiger partial charge in [0.15, 0.2) is 0 Å². The summed E-state index contributed by atoms with van der Waals surface area (Å²) in [5, 5.41) is 3.25. The van der Waals surface area contributed by atoms with Crippen molar-refractivity contribution < 1.29 is 9.15 Å². The third kappa shape index (κ3) is 5.35. The Morgan fingerprint density at radius 3 is 2.79 bits per heavy atom. The number of nitrogens with zero attached hydrogens (tertiary/aromatic N) is 1. The van der Waals surface area contributed by atoms with Crippen LogP contribution in [0.25, 0.3) is 0 Å². The van der Waals surface area contributed by atoms with E-state index in [1.54, 1.807) is 0 Å². The van der Waals surface area contributed by atoms with Gasteiger partial charge in [0.25, 0.3) is 0 Å². The predicted molar refractivity (Wildman–Crippen MR) is 76.0 cm³/mol. The van der Waals surface area contributed by atoms with Crippen LogP contribution in [-0.4, -0.2) is 37.7 Å². The van der Waals surface area contributed by atoms with Crippen molar-refractivity contribution in [2.45, 2.75) is 39.3 Å². The first kappa shape index (κ1) is 14.6. The van der Waals surface area contributed by atoms with Crippen LogP contribution in [0.15, 0.2) is 16.5 Å². The fourth-order valence-corrected chi connectivity index (χ4v) is 2.39. The second-order valence-corrected chi connectivity index (χ2v) is 5.10. The molecular weight excluding hydrogens is 240 g/mol. The number of hydrogen-bond donors (Lipinski definition) is 1. The molecule has 2 rings (SSSR count). The lowest BCUT2D eigenvalue weighted by Crippen LogP contribution is -2.32. The first-order valence-corrected chi connectivity index (χ1v) is 7.47. The van der Waals surface area contributed by atoms with Gasteiger partial charge in [0.2, 0.25) is 0 Å². The first-order valence-electron chi connectivity index (χ1n) is 7.47. The second-order valence-electron chi connectivity index (χ2n) is 5.10. The first-order chi connectivity index (χ1) is 9.38. The van der Waals surface area contributed by atoms with E-state index < -0.39 is 0 Å². The SMILES string of the molecule is CCNCc1ccc(COCCN2CCCCC2)o1. The van der Waals surface area contributed by atoms with Crippen LogP contribution in [0.2, 0.25) is 0 Å². The lowest BCUT2D eigenvalue weighted by atomic mass is 10.1. The summed E-state index contributed by atoms with van der Waals surface area (Å²) in [5.74, 6) is 1.91. The summed E-state index contributed by atoms with van der Waals surface area (Å²) < 4.78 is 11.4. The molecule has 1 fully saturated rings. The molecule has 0 radical (unpaired) electrons. The fourth-order valence-electron chi connectivity index (χ4n) is 2.39. The highest BCUT2D eigenvalue weighted by molar-refractivity contribution is 5.06. The molecule has 1 aliphatic rings. The molecule has 0 aliphatic carbocycles. The number of rotatable bonds is 8. The normalized spacial score (nSPS) is 16.9. The van der Waals surface area contributed by atoms with E-state index in [1.807, 2.05) is 12.1 Å². The van der Waals surface area contributed by atoms with E-state index in [2.05, 4.69) is 17.1 Å². The predicted octanol–water partition coefficient (Wildman–Crippen LogP) is 2.39. The summed E-state index contributed by atoms with van der Waals surface area (Å²) in [7, 11) is 0. The Labute approximate surface area is 116 Å². The molecule has 2 heterocycles. The van der Waals surface area contributed by atoms with Crippen LogP contribution in [0.1, 0.15) is 37.7 Å². The highest BCUT2D eigenvalue weighted by atomic mass is 16.5. The van der Waals surface area contributed by atoms with Crippen molar-refractivity contribution in [2.75, 3.05) is 32.8 Å². The molecule has 0 aromatic carbocycles. The molecule has 1 aromatic rings. The molecule has 4 nitrogen and oxygen atoms in total. The summed E-state index contributed by atoms with van der Waals surface area (Å²) in [5.41, 5.74) is 0. The van der Waals surface area contributed by atoms with Gasteiger partial charge in [-0.3, -0.25) is 0 Å². The van der Waals surface area contributed by atoms with Crippen molar-refractivity contribution in [3.05, 3.63) is 23.7 Å². The topological polar surface area (TPSA) is 37.6 Å². The summed E-state index contributed by atoms with van der Waals surface area (Å²) in [6.07, 6.45) is 4.07. The Morgan fingerprint density at radius 1 is 1.21 bits per heavy atom. The number of likely N-dealkylation sites (tertiary alicyclic amines) is 1. The standard InChI is InChI=1S/C15H26N2O2/c1-2-16-12-14-6-7-15(19-14)13-18-11-10-17-8-4-3-5-9-17/h6-7,16H,2-5,8-13H2,1H3. The van der Waals surface area contributed by atoms with Crippen LogP contribution in [0.5, 0.6) is 0 Å². The Kier molecular flexibility index (Phi) is 6.41. The van der Waals surface area contributed by atoms with E-state index in [9.17, 15) is 0 Å². The Hall–Kier alpha value is -0.840. The zero-order valence-corrected chi connectivity index (χ0v) is 12.0. The Balaban J connectivity index is 1.58. The molecule has 0 atom stereocenters. The highest BCUT2D eigenvalue weighted by Gasteiger charge is 2.09.